The lowest BCUT2D eigenvalue weighted by atomic mass is 10.1. The standard InChI is InChI=1S/C11H14N2O2/c1-13-5-4-12-9-6-8(7-11(14)15)2-3-10(9)13/h2-3,6,12H,4-5,7H2,1H3,(H,14,15). The van der Waals surface area contributed by atoms with Crippen LogP contribution in [0.1, 0.15) is 5.56 Å². The molecule has 0 amide bonds. The van der Waals surface area contributed by atoms with E-state index >= 15 is 0 Å². The summed E-state index contributed by atoms with van der Waals surface area (Å²) in [5, 5.41) is 12.0. The smallest absolute Gasteiger partial charge is 0.307 e. The third-order valence-corrected chi connectivity index (χ3v) is 2.59. The first-order valence-electron chi connectivity index (χ1n) is 4.96. The lowest BCUT2D eigenvalue weighted by Crippen LogP contribution is -2.30. The van der Waals surface area contributed by atoms with Crippen LogP contribution < -0.4 is 10.2 Å². The zero-order chi connectivity index (χ0) is 10.8. The minimum Gasteiger partial charge on any atom is -0.481 e. The predicted molar refractivity (Wildman–Crippen MR) is 59.5 cm³/mol. The largest absolute Gasteiger partial charge is 0.481 e. The third-order valence-electron chi connectivity index (χ3n) is 2.59. The van der Waals surface area contributed by atoms with Gasteiger partial charge >= 0.3 is 5.97 Å². The molecule has 0 aliphatic carbocycles. The fourth-order valence-electron chi connectivity index (χ4n) is 1.82. The van der Waals surface area contributed by atoms with Gasteiger partial charge in [0.1, 0.15) is 0 Å². The molecular formula is C11H14N2O2. The Morgan fingerprint density at radius 1 is 1.60 bits per heavy atom. The number of rotatable bonds is 2. The van der Waals surface area contributed by atoms with E-state index in [4.69, 9.17) is 5.11 Å². The van der Waals surface area contributed by atoms with Gasteiger partial charge in [0, 0.05) is 20.1 Å². The molecule has 80 valence electrons. The van der Waals surface area contributed by atoms with Crippen molar-refractivity contribution in [2.45, 2.75) is 6.42 Å². The SMILES string of the molecule is CN1CCNc2cc(CC(=O)O)ccc21. The highest BCUT2D eigenvalue weighted by molar-refractivity contribution is 5.76. The fraction of sp³-hybridized carbons (Fsp3) is 0.364. The van der Waals surface area contributed by atoms with Gasteiger partial charge in [-0.25, -0.2) is 0 Å². The van der Waals surface area contributed by atoms with Gasteiger partial charge in [-0.2, -0.15) is 0 Å². The first-order valence-corrected chi connectivity index (χ1v) is 4.96. The van der Waals surface area contributed by atoms with Crippen LogP contribution in [0.25, 0.3) is 0 Å². The Morgan fingerprint density at radius 3 is 3.13 bits per heavy atom. The topological polar surface area (TPSA) is 52.6 Å². The maximum absolute atomic E-state index is 10.6. The third kappa shape index (κ3) is 2.03. The van der Waals surface area contributed by atoms with Gasteiger partial charge in [0.15, 0.2) is 0 Å². The molecule has 15 heavy (non-hydrogen) atoms. The molecular weight excluding hydrogens is 192 g/mol. The average Bonchev–Trinajstić information content (AvgIpc) is 2.17. The summed E-state index contributed by atoms with van der Waals surface area (Å²) >= 11 is 0. The van der Waals surface area contributed by atoms with E-state index in [-0.39, 0.29) is 6.42 Å². The Bertz CT molecular complexity index is 390. The van der Waals surface area contributed by atoms with Crippen LogP contribution in [-0.2, 0) is 11.2 Å². The van der Waals surface area contributed by atoms with Crippen LogP contribution in [0, 0.1) is 0 Å². The first kappa shape index (κ1) is 9.83. The quantitative estimate of drug-likeness (QED) is 0.762. The van der Waals surface area contributed by atoms with Crippen LogP contribution in [0.4, 0.5) is 11.4 Å². The summed E-state index contributed by atoms with van der Waals surface area (Å²) in [5.41, 5.74) is 3.00. The number of nitrogens with one attached hydrogen (secondary N) is 1. The van der Waals surface area contributed by atoms with Crippen LogP contribution in [0.2, 0.25) is 0 Å². The van der Waals surface area contributed by atoms with E-state index in [1.807, 2.05) is 25.2 Å². The van der Waals surface area contributed by atoms with Crippen molar-refractivity contribution in [3.8, 4) is 0 Å². The number of anilines is 2. The van der Waals surface area contributed by atoms with Crippen molar-refractivity contribution < 1.29 is 9.90 Å². The molecule has 1 aliphatic rings. The fourth-order valence-corrected chi connectivity index (χ4v) is 1.82. The second-order valence-corrected chi connectivity index (χ2v) is 3.77. The van der Waals surface area contributed by atoms with Gasteiger partial charge in [0.2, 0.25) is 0 Å². The zero-order valence-corrected chi connectivity index (χ0v) is 8.66. The molecule has 1 aromatic carbocycles. The first-order chi connectivity index (χ1) is 7.16. The number of benzene rings is 1. The molecule has 0 aromatic heterocycles. The summed E-state index contributed by atoms with van der Waals surface area (Å²) in [6, 6.07) is 5.76. The van der Waals surface area contributed by atoms with Crippen molar-refractivity contribution >= 4 is 17.3 Å². The number of hydrogen-bond acceptors (Lipinski definition) is 3. The number of carboxylic acids is 1. The normalized spacial score (nSPS) is 14.3. The van der Waals surface area contributed by atoms with E-state index in [1.165, 1.54) is 0 Å². The number of carboxylic acid groups (broad SMARTS) is 1. The number of nitrogens with zero attached hydrogens (tertiary/aromatic N) is 1. The molecule has 0 saturated carbocycles. The van der Waals surface area contributed by atoms with Gasteiger partial charge in [-0.1, -0.05) is 6.07 Å². The van der Waals surface area contributed by atoms with Crippen LogP contribution in [0.5, 0.6) is 0 Å². The number of carbonyl (C=O) groups is 1. The van der Waals surface area contributed by atoms with E-state index in [1.54, 1.807) is 0 Å². The summed E-state index contributed by atoms with van der Waals surface area (Å²) in [6.07, 6.45) is 0.0820. The van der Waals surface area contributed by atoms with Gasteiger partial charge in [0.25, 0.3) is 0 Å². The highest BCUT2D eigenvalue weighted by Crippen LogP contribution is 2.28. The zero-order valence-electron chi connectivity index (χ0n) is 8.66. The van der Waals surface area contributed by atoms with Crippen molar-refractivity contribution in [2.75, 3.05) is 30.4 Å². The molecule has 2 N–H and O–H groups in total. The molecule has 0 saturated heterocycles. The summed E-state index contributed by atoms with van der Waals surface area (Å²) in [5.74, 6) is -0.792. The number of aliphatic carboxylic acids is 1. The Kier molecular flexibility index (Phi) is 2.49. The van der Waals surface area contributed by atoms with Gasteiger partial charge in [-0.15, -0.1) is 0 Å². The van der Waals surface area contributed by atoms with E-state index in [2.05, 4.69) is 10.2 Å². The predicted octanol–water partition coefficient (Wildman–Crippen LogP) is 1.18. The minimum absolute atomic E-state index is 0.0820. The van der Waals surface area contributed by atoms with Gasteiger partial charge in [-0.05, 0) is 17.7 Å². The minimum atomic E-state index is -0.792. The molecule has 0 fully saturated rings. The Balaban J connectivity index is 2.29. The lowest BCUT2D eigenvalue weighted by molar-refractivity contribution is -0.136. The van der Waals surface area contributed by atoms with Crippen molar-refractivity contribution in [1.29, 1.82) is 0 Å². The summed E-state index contributed by atoms with van der Waals surface area (Å²) in [4.78, 5) is 12.7. The van der Waals surface area contributed by atoms with E-state index < -0.39 is 5.97 Å². The average molecular weight is 206 g/mol. The molecule has 4 nitrogen and oxygen atoms in total. The van der Waals surface area contributed by atoms with Crippen LogP contribution in [-0.4, -0.2) is 31.2 Å². The second kappa shape index (κ2) is 3.81. The summed E-state index contributed by atoms with van der Waals surface area (Å²) < 4.78 is 0. The second-order valence-electron chi connectivity index (χ2n) is 3.77. The number of fused-ring (bicyclic) bond motifs is 1. The molecule has 0 radical (unpaired) electrons. The molecule has 0 bridgehead atoms. The molecule has 0 atom stereocenters. The van der Waals surface area contributed by atoms with E-state index in [0.29, 0.717) is 0 Å². The Hall–Kier alpha value is -1.71. The molecule has 2 rings (SSSR count). The molecule has 1 aliphatic heterocycles. The number of likely N-dealkylation sites (N-methyl/N-ethyl adjacent to an activating group) is 1. The van der Waals surface area contributed by atoms with Crippen molar-refractivity contribution in [1.82, 2.24) is 0 Å². The number of hydrogen-bond donors (Lipinski definition) is 2. The van der Waals surface area contributed by atoms with E-state index in [9.17, 15) is 4.79 Å². The van der Waals surface area contributed by atoms with E-state index in [0.717, 1.165) is 30.0 Å². The van der Waals surface area contributed by atoms with Gasteiger partial charge in [-0.3, -0.25) is 4.79 Å². The molecule has 0 spiro atoms. The Labute approximate surface area is 88.5 Å². The maximum atomic E-state index is 10.6. The molecule has 1 aromatic rings. The van der Waals surface area contributed by atoms with Crippen molar-refractivity contribution in [2.24, 2.45) is 0 Å². The van der Waals surface area contributed by atoms with Crippen molar-refractivity contribution in [3.63, 3.8) is 0 Å². The van der Waals surface area contributed by atoms with Gasteiger partial charge < -0.3 is 15.3 Å². The summed E-state index contributed by atoms with van der Waals surface area (Å²) in [6.45, 7) is 1.88. The molecule has 1 heterocycles. The Morgan fingerprint density at radius 2 is 2.40 bits per heavy atom. The highest BCUT2D eigenvalue weighted by Gasteiger charge is 2.13. The maximum Gasteiger partial charge on any atom is 0.307 e. The lowest BCUT2D eigenvalue weighted by Gasteiger charge is -2.28. The van der Waals surface area contributed by atoms with Crippen molar-refractivity contribution in [3.05, 3.63) is 23.8 Å². The summed E-state index contributed by atoms with van der Waals surface area (Å²) in [7, 11) is 2.04. The molecule has 0 unspecified atom stereocenters. The van der Waals surface area contributed by atoms with Crippen LogP contribution in [0.15, 0.2) is 18.2 Å². The monoisotopic (exact) mass is 206 g/mol. The van der Waals surface area contributed by atoms with Crippen LogP contribution in [0.3, 0.4) is 0 Å². The molecule has 4 heteroatoms. The van der Waals surface area contributed by atoms with Gasteiger partial charge in [0.05, 0.1) is 17.8 Å². The van der Waals surface area contributed by atoms with Crippen LogP contribution >= 0.6 is 0 Å². The highest BCUT2D eigenvalue weighted by atomic mass is 16.4.